The number of sulfonamides is 1. The Kier molecular flexibility index (Phi) is 7.46. The van der Waals surface area contributed by atoms with Crippen LogP contribution in [0.4, 0.5) is 11.4 Å². The van der Waals surface area contributed by atoms with E-state index in [9.17, 15) is 22.8 Å². The minimum Gasteiger partial charge on any atom is -0.455 e. The van der Waals surface area contributed by atoms with Crippen LogP contribution in [0.1, 0.15) is 12.5 Å². The van der Waals surface area contributed by atoms with Gasteiger partial charge in [-0.1, -0.05) is 17.7 Å². The van der Waals surface area contributed by atoms with E-state index in [1.54, 1.807) is 36.4 Å². The molecule has 10 heteroatoms. The number of carbonyl (C=O) groups is 3. The fourth-order valence-corrected chi connectivity index (χ4v) is 3.16. The number of aryl methyl sites for hydroxylation is 1. The first-order valence-electron chi connectivity index (χ1n) is 8.55. The Hall–Kier alpha value is -3.24. The minimum atomic E-state index is -3.85. The number of benzene rings is 2. The average Bonchev–Trinajstić information content (AvgIpc) is 2.66. The lowest BCUT2D eigenvalue weighted by Crippen LogP contribution is -2.32. The van der Waals surface area contributed by atoms with Crippen LogP contribution in [-0.2, 0) is 29.1 Å². The zero-order chi connectivity index (χ0) is 21.4. The third kappa shape index (κ3) is 7.35. The van der Waals surface area contributed by atoms with E-state index in [-0.39, 0.29) is 10.8 Å². The van der Waals surface area contributed by atoms with Crippen molar-refractivity contribution < 1.29 is 27.5 Å². The first-order valence-corrected chi connectivity index (χ1v) is 10.0. The summed E-state index contributed by atoms with van der Waals surface area (Å²) in [6.45, 7) is 2.03. The van der Waals surface area contributed by atoms with Crippen LogP contribution in [0.5, 0.6) is 0 Å². The monoisotopic (exact) mass is 419 g/mol. The molecular formula is C19H21N3O6S. The second kappa shape index (κ2) is 9.80. The lowest BCUT2D eigenvalue weighted by atomic mass is 10.2. The fraction of sp³-hybridized carbons (Fsp3) is 0.211. The molecule has 3 N–H and O–H groups in total. The van der Waals surface area contributed by atoms with E-state index >= 15 is 0 Å². The van der Waals surface area contributed by atoms with Gasteiger partial charge >= 0.3 is 5.97 Å². The second-order valence-corrected chi connectivity index (χ2v) is 7.87. The summed E-state index contributed by atoms with van der Waals surface area (Å²) >= 11 is 0. The van der Waals surface area contributed by atoms with Gasteiger partial charge < -0.3 is 15.4 Å². The highest BCUT2D eigenvalue weighted by Crippen LogP contribution is 2.13. The Bertz CT molecular complexity index is 986. The van der Waals surface area contributed by atoms with Crippen LogP contribution >= 0.6 is 0 Å². The van der Waals surface area contributed by atoms with Crippen molar-refractivity contribution in [2.45, 2.75) is 18.7 Å². The lowest BCUT2D eigenvalue weighted by Gasteiger charge is -2.09. The topological polar surface area (TPSA) is 131 Å². The van der Waals surface area contributed by atoms with E-state index in [0.717, 1.165) is 5.56 Å². The highest BCUT2D eigenvalue weighted by atomic mass is 32.2. The van der Waals surface area contributed by atoms with Gasteiger partial charge in [-0.05, 0) is 43.3 Å². The molecule has 0 atom stereocenters. The normalized spacial score (nSPS) is 10.8. The first-order chi connectivity index (χ1) is 13.7. The summed E-state index contributed by atoms with van der Waals surface area (Å²) in [5.41, 5.74) is 1.92. The molecule has 0 aliphatic carbocycles. The lowest BCUT2D eigenvalue weighted by molar-refractivity contribution is -0.146. The van der Waals surface area contributed by atoms with E-state index < -0.39 is 35.1 Å². The molecule has 2 aromatic rings. The van der Waals surface area contributed by atoms with E-state index in [1.807, 2.05) is 6.92 Å². The number of ether oxygens (including phenoxy) is 1. The maximum atomic E-state index is 12.1. The predicted octanol–water partition coefficient (Wildman–Crippen LogP) is 1.41. The van der Waals surface area contributed by atoms with E-state index in [0.29, 0.717) is 11.4 Å². The highest BCUT2D eigenvalue weighted by Gasteiger charge is 2.16. The Labute approximate surface area is 168 Å². The highest BCUT2D eigenvalue weighted by molar-refractivity contribution is 7.89. The molecule has 0 radical (unpaired) electrons. The Morgan fingerprint density at radius 2 is 1.45 bits per heavy atom. The third-order valence-electron chi connectivity index (χ3n) is 3.59. The van der Waals surface area contributed by atoms with Crippen molar-refractivity contribution in [3.05, 3.63) is 54.1 Å². The summed E-state index contributed by atoms with van der Waals surface area (Å²) in [7, 11) is -3.85. The van der Waals surface area contributed by atoms with Gasteiger partial charge in [-0.3, -0.25) is 14.4 Å². The smallest absolute Gasteiger partial charge is 0.321 e. The molecule has 2 aromatic carbocycles. The predicted molar refractivity (Wildman–Crippen MR) is 107 cm³/mol. The van der Waals surface area contributed by atoms with Crippen LogP contribution in [0, 0.1) is 6.92 Å². The Morgan fingerprint density at radius 1 is 0.897 bits per heavy atom. The van der Waals surface area contributed by atoms with Crippen molar-refractivity contribution in [3.8, 4) is 0 Å². The first kappa shape index (κ1) is 22.1. The van der Waals surface area contributed by atoms with Crippen LogP contribution < -0.4 is 15.4 Å². The summed E-state index contributed by atoms with van der Waals surface area (Å²) in [6.07, 6.45) is 0. The molecule has 9 nitrogen and oxygen atoms in total. The van der Waals surface area contributed by atoms with Gasteiger partial charge in [-0.25, -0.2) is 8.42 Å². The molecule has 0 saturated carbocycles. The van der Waals surface area contributed by atoms with Gasteiger partial charge in [0.1, 0.15) is 6.54 Å². The summed E-state index contributed by atoms with van der Waals surface area (Å²) in [5, 5.41) is 5.10. The molecule has 2 amide bonds. The SMILES string of the molecule is CC(=O)Nc1ccc(NC(=O)COC(=O)CNS(=O)(=O)c2ccc(C)cc2)cc1. The quantitative estimate of drug-likeness (QED) is 0.555. The van der Waals surface area contributed by atoms with E-state index in [2.05, 4.69) is 15.4 Å². The number of amides is 2. The van der Waals surface area contributed by atoms with Gasteiger partial charge in [0, 0.05) is 18.3 Å². The number of esters is 1. The molecule has 0 aliphatic rings. The van der Waals surface area contributed by atoms with Crippen LogP contribution in [-0.4, -0.2) is 39.4 Å². The van der Waals surface area contributed by atoms with Crippen LogP contribution in [0.15, 0.2) is 53.4 Å². The Balaban J connectivity index is 1.77. The summed E-state index contributed by atoms with van der Waals surface area (Å²) in [6, 6.07) is 12.5. The molecule has 0 saturated heterocycles. The minimum absolute atomic E-state index is 0.0244. The molecule has 0 heterocycles. The molecule has 2 rings (SSSR count). The molecule has 0 aliphatic heterocycles. The van der Waals surface area contributed by atoms with Crippen molar-refractivity contribution in [1.29, 1.82) is 0 Å². The van der Waals surface area contributed by atoms with Crippen molar-refractivity contribution >= 4 is 39.2 Å². The van der Waals surface area contributed by atoms with Crippen LogP contribution in [0.25, 0.3) is 0 Å². The number of hydrogen-bond donors (Lipinski definition) is 3. The molecule has 0 aromatic heterocycles. The zero-order valence-electron chi connectivity index (χ0n) is 15.9. The summed E-state index contributed by atoms with van der Waals surface area (Å²) in [5.74, 6) is -1.70. The van der Waals surface area contributed by atoms with Gasteiger partial charge in [0.2, 0.25) is 15.9 Å². The number of hydrogen-bond acceptors (Lipinski definition) is 6. The van der Waals surface area contributed by atoms with Crippen LogP contribution in [0.3, 0.4) is 0 Å². The Morgan fingerprint density at radius 3 is 2.00 bits per heavy atom. The molecule has 0 bridgehead atoms. The number of anilines is 2. The molecule has 0 fully saturated rings. The zero-order valence-corrected chi connectivity index (χ0v) is 16.7. The summed E-state index contributed by atoms with van der Waals surface area (Å²) in [4.78, 5) is 34.5. The maximum absolute atomic E-state index is 12.1. The fourth-order valence-electron chi connectivity index (χ4n) is 2.19. The van der Waals surface area contributed by atoms with Gasteiger partial charge in [0.05, 0.1) is 4.90 Å². The number of nitrogens with one attached hydrogen (secondary N) is 3. The van der Waals surface area contributed by atoms with Crippen molar-refractivity contribution in [2.75, 3.05) is 23.8 Å². The molecular weight excluding hydrogens is 398 g/mol. The van der Waals surface area contributed by atoms with E-state index in [1.165, 1.54) is 19.1 Å². The van der Waals surface area contributed by atoms with Gasteiger partial charge in [-0.15, -0.1) is 0 Å². The maximum Gasteiger partial charge on any atom is 0.321 e. The molecule has 154 valence electrons. The van der Waals surface area contributed by atoms with Gasteiger partial charge in [0.15, 0.2) is 6.61 Å². The number of rotatable bonds is 8. The summed E-state index contributed by atoms with van der Waals surface area (Å²) < 4.78 is 31.1. The largest absolute Gasteiger partial charge is 0.455 e. The molecule has 0 unspecified atom stereocenters. The van der Waals surface area contributed by atoms with Crippen molar-refractivity contribution in [1.82, 2.24) is 4.72 Å². The second-order valence-electron chi connectivity index (χ2n) is 6.11. The third-order valence-corrected chi connectivity index (χ3v) is 5.01. The average molecular weight is 419 g/mol. The van der Waals surface area contributed by atoms with E-state index in [4.69, 9.17) is 4.74 Å². The van der Waals surface area contributed by atoms with Crippen molar-refractivity contribution in [3.63, 3.8) is 0 Å². The van der Waals surface area contributed by atoms with Crippen molar-refractivity contribution in [2.24, 2.45) is 0 Å². The molecule has 29 heavy (non-hydrogen) atoms. The van der Waals surface area contributed by atoms with Crippen LogP contribution in [0.2, 0.25) is 0 Å². The molecule has 0 spiro atoms. The standard InChI is InChI=1S/C19H21N3O6S/c1-13-3-9-17(10-4-13)29(26,27)20-11-19(25)28-12-18(24)22-16-7-5-15(6-8-16)21-14(2)23/h3-10,20H,11-12H2,1-2H3,(H,21,23)(H,22,24). The van der Waals surface area contributed by atoms with Gasteiger partial charge in [0.25, 0.3) is 5.91 Å². The number of carbonyl (C=O) groups excluding carboxylic acids is 3. The van der Waals surface area contributed by atoms with Gasteiger partial charge in [-0.2, -0.15) is 4.72 Å².